The first kappa shape index (κ1) is 18.3. The molecule has 0 aromatic carbocycles. The first-order valence-corrected chi connectivity index (χ1v) is 9.72. The number of hydrogen-bond donors (Lipinski definition) is 6. The van der Waals surface area contributed by atoms with Crippen LogP contribution in [0.2, 0.25) is 0 Å². The minimum atomic E-state index is -5.36. The summed E-state index contributed by atoms with van der Waals surface area (Å²) in [4.78, 5) is 36.2. The standard InChI is InChI=1S/C10H23NO7P2/c1-7-3-2-4-8(9(7)11)5-6-10(12,19(13,14)15)20(16,17)18/h7-9,12H,2-6,11H2,1H3,(H2,13,14,15)(H2,16,17,18). The van der Waals surface area contributed by atoms with Gasteiger partial charge in [-0.05, 0) is 31.1 Å². The summed E-state index contributed by atoms with van der Waals surface area (Å²) in [5.41, 5.74) is 6.00. The Bertz CT molecular complexity index is 409. The highest BCUT2D eigenvalue weighted by Crippen LogP contribution is 2.69. The molecule has 0 aromatic rings. The molecular weight excluding hydrogens is 308 g/mol. The minimum Gasteiger partial charge on any atom is -0.368 e. The molecule has 3 atom stereocenters. The van der Waals surface area contributed by atoms with E-state index < -0.39 is 26.7 Å². The molecule has 0 spiro atoms. The van der Waals surface area contributed by atoms with E-state index in [0.717, 1.165) is 19.3 Å². The molecular formula is C10H23NO7P2. The summed E-state index contributed by atoms with van der Waals surface area (Å²) in [6.07, 6.45) is 1.98. The number of aliphatic hydroxyl groups is 1. The van der Waals surface area contributed by atoms with Gasteiger partial charge < -0.3 is 30.4 Å². The molecule has 0 heterocycles. The zero-order valence-electron chi connectivity index (χ0n) is 11.3. The Kier molecular flexibility index (Phi) is 5.61. The van der Waals surface area contributed by atoms with Gasteiger partial charge in [-0.25, -0.2) is 0 Å². The third-order valence-corrected chi connectivity index (χ3v) is 8.10. The van der Waals surface area contributed by atoms with Crippen molar-refractivity contribution in [2.75, 3.05) is 0 Å². The maximum absolute atomic E-state index is 11.2. The van der Waals surface area contributed by atoms with Gasteiger partial charge in [0.2, 0.25) is 0 Å². The highest BCUT2D eigenvalue weighted by atomic mass is 31.2. The Morgan fingerprint density at radius 1 is 1.15 bits per heavy atom. The summed E-state index contributed by atoms with van der Waals surface area (Å²) in [5.74, 6) is 0.135. The van der Waals surface area contributed by atoms with Gasteiger partial charge in [-0.15, -0.1) is 0 Å². The zero-order valence-corrected chi connectivity index (χ0v) is 13.1. The molecule has 1 aliphatic rings. The van der Waals surface area contributed by atoms with Crippen molar-refractivity contribution < 1.29 is 33.8 Å². The second-order valence-electron chi connectivity index (χ2n) is 5.65. The molecule has 120 valence electrons. The van der Waals surface area contributed by atoms with Gasteiger partial charge in [0.05, 0.1) is 0 Å². The van der Waals surface area contributed by atoms with Crippen molar-refractivity contribution in [1.82, 2.24) is 0 Å². The summed E-state index contributed by atoms with van der Waals surface area (Å²) in [5, 5.41) is 6.48. The Hall–Kier alpha value is 0.220. The van der Waals surface area contributed by atoms with Gasteiger partial charge in [0.15, 0.2) is 0 Å². The Morgan fingerprint density at radius 3 is 2.10 bits per heavy atom. The molecule has 0 bridgehead atoms. The molecule has 0 aromatic heterocycles. The molecule has 0 amide bonds. The third-order valence-electron chi connectivity index (χ3n) is 4.22. The van der Waals surface area contributed by atoms with Crippen molar-refractivity contribution in [3.05, 3.63) is 0 Å². The maximum Gasteiger partial charge on any atom is 0.369 e. The molecule has 1 rings (SSSR count). The topological polar surface area (TPSA) is 161 Å². The monoisotopic (exact) mass is 331 g/mol. The summed E-state index contributed by atoms with van der Waals surface area (Å²) >= 11 is 0. The molecule has 7 N–H and O–H groups in total. The quantitative estimate of drug-likeness (QED) is 0.398. The van der Waals surface area contributed by atoms with Gasteiger partial charge in [-0.3, -0.25) is 9.13 Å². The zero-order chi connectivity index (χ0) is 15.8. The molecule has 0 saturated heterocycles. The largest absolute Gasteiger partial charge is 0.369 e. The fourth-order valence-electron chi connectivity index (χ4n) is 2.73. The van der Waals surface area contributed by atoms with Crippen LogP contribution in [0, 0.1) is 11.8 Å². The molecule has 0 aliphatic heterocycles. The van der Waals surface area contributed by atoms with Gasteiger partial charge in [0.1, 0.15) is 0 Å². The normalized spacial score (nSPS) is 29.4. The van der Waals surface area contributed by atoms with E-state index in [2.05, 4.69) is 0 Å². The van der Waals surface area contributed by atoms with Crippen molar-refractivity contribution >= 4 is 15.2 Å². The highest BCUT2D eigenvalue weighted by molar-refractivity contribution is 7.72. The van der Waals surface area contributed by atoms with E-state index in [1.54, 1.807) is 0 Å². The number of nitrogens with two attached hydrogens (primary N) is 1. The Labute approximate surface area is 117 Å². The van der Waals surface area contributed by atoms with Crippen LogP contribution >= 0.6 is 15.2 Å². The molecule has 10 heteroatoms. The van der Waals surface area contributed by atoms with Crippen molar-refractivity contribution in [2.24, 2.45) is 17.6 Å². The molecule has 0 radical (unpaired) electrons. The van der Waals surface area contributed by atoms with Crippen LogP contribution in [-0.4, -0.2) is 35.8 Å². The molecule has 1 aliphatic carbocycles. The van der Waals surface area contributed by atoms with E-state index in [-0.39, 0.29) is 24.3 Å². The first-order valence-electron chi connectivity index (χ1n) is 6.49. The Morgan fingerprint density at radius 2 is 1.65 bits per heavy atom. The van der Waals surface area contributed by atoms with E-state index in [4.69, 9.17) is 25.3 Å². The van der Waals surface area contributed by atoms with Crippen LogP contribution in [0.4, 0.5) is 0 Å². The molecule has 1 fully saturated rings. The highest BCUT2D eigenvalue weighted by Gasteiger charge is 2.59. The van der Waals surface area contributed by atoms with Crippen molar-refractivity contribution in [3.63, 3.8) is 0 Å². The van der Waals surface area contributed by atoms with Crippen LogP contribution in [0.1, 0.15) is 39.0 Å². The van der Waals surface area contributed by atoms with Gasteiger partial charge in [-0.2, -0.15) is 0 Å². The van der Waals surface area contributed by atoms with Crippen molar-refractivity contribution in [2.45, 2.75) is 50.2 Å². The number of hydrogen-bond acceptors (Lipinski definition) is 4. The summed E-state index contributed by atoms with van der Waals surface area (Å²) in [6, 6.07) is -0.193. The van der Waals surface area contributed by atoms with Crippen LogP contribution in [0.15, 0.2) is 0 Å². The predicted molar refractivity (Wildman–Crippen MR) is 72.8 cm³/mol. The predicted octanol–water partition coefficient (Wildman–Crippen LogP) is 0.532. The average molecular weight is 331 g/mol. The summed E-state index contributed by atoms with van der Waals surface area (Å²) in [6.45, 7) is 1.97. The van der Waals surface area contributed by atoms with E-state index in [0.29, 0.717) is 0 Å². The van der Waals surface area contributed by atoms with E-state index in [1.165, 1.54) is 0 Å². The summed E-state index contributed by atoms with van der Waals surface area (Å²) < 4.78 is 22.5. The first-order chi connectivity index (χ1) is 8.90. The lowest BCUT2D eigenvalue weighted by molar-refractivity contribution is 0.107. The third kappa shape index (κ3) is 3.70. The lowest BCUT2D eigenvalue weighted by Crippen LogP contribution is -2.40. The molecule has 8 nitrogen and oxygen atoms in total. The van der Waals surface area contributed by atoms with Crippen LogP contribution in [0.5, 0.6) is 0 Å². The molecule has 1 saturated carbocycles. The van der Waals surface area contributed by atoms with Gasteiger partial charge in [0.25, 0.3) is 5.08 Å². The average Bonchev–Trinajstić information content (AvgIpc) is 2.27. The van der Waals surface area contributed by atoms with E-state index in [1.807, 2.05) is 6.92 Å². The van der Waals surface area contributed by atoms with Gasteiger partial charge in [-0.1, -0.05) is 13.3 Å². The van der Waals surface area contributed by atoms with Crippen LogP contribution in [-0.2, 0) is 9.13 Å². The lowest BCUT2D eigenvalue weighted by atomic mass is 9.76. The van der Waals surface area contributed by atoms with Crippen molar-refractivity contribution in [3.8, 4) is 0 Å². The van der Waals surface area contributed by atoms with Crippen LogP contribution in [0.25, 0.3) is 0 Å². The Balaban J connectivity index is 2.84. The molecule has 20 heavy (non-hydrogen) atoms. The van der Waals surface area contributed by atoms with Crippen molar-refractivity contribution in [1.29, 1.82) is 0 Å². The fraction of sp³-hybridized carbons (Fsp3) is 1.00. The number of rotatable bonds is 5. The van der Waals surface area contributed by atoms with Crippen LogP contribution < -0.4 is 5.73 Å². The maximum atomic E-state index is 11.2. The van der Waals surface area contributed by atoms with Gasteiger partial charge >= 0.3 is 15.2 Å². The fourth-order valence-corrected chi connectivity index (χ4v) is 4.93. The van der Waals surface area contributed by atoms with E-state index in [9.17, 15) is 14.2 Å². The van der Waals surface area contributed by atoms with Crippen LogP contribution in [0.3, 0.4) is 0 Å². The SMILES string of the molecule is CC1CCCC(CCC(O)(P(=O)(O)O)P(=O)(O)O)C1N. The lowest BCUT2D eigenvalue weighted by Gasteiger charge is -2.36. The molecule has 3 unspecified atom stereocenters. The summed E-state index contributed by atoms with van der Waals surface area (Å²) in [7, 11) is -10.7. The van der Waals surface area contributed by atoms with Gasteiger partial charge in [0, 0.05) is 12.5 Å². The smallest absolute Gasteiger partial charge is 0.368 e. The van der Waals surface area contributed by atoms with E-state index >= 15 is 0 Å². The minimum absolute atomic E-state index is 0.0677. The second kappa shape index (κ2) is 6.15. The second-order valence-corrected chi connectivity index (χ2v) is 9.66.